The zero-order valence-corrected chi connectivity index (χ0v) is 14.8. The van der Waals surface area contributed by atoms with Crippen LogP contribution in [-0.2, 0) is 4.79 Å². The Kier molecular flexibility index (Phi) is 4.22. The zero-order chi connectivity index (χ0) is 17.4. The van der Waals surface area contributed by atoms with Crippen LogP contribution < -0.4 is 5.32 Å². The van der Waals surface area contributed by atoms with E-state index in [4.69, 9.17) is 0 Å². The third kappa shape index (κ3) is 2.61. The minimum atomic E-state index is -0.232. The Morgan fingerprint density at radius 2 is 1.76 bits per heavy atom. The highest BCUT2D eigenvalue weighted by Gasteiger charge is 2.44. The number of nitrogens with one attached hydrogen (secondary N) is 1. The van der Waals surface area contributed by atoms with E-state index >= 15 is 0 Å². The van der Waals surface area contributed by atoms with Crippen molar-refractivity contribution in [1.29, 1.82) is 0 Å². The first-order chi connectivity index (χ1) is 12.2. The molecule has 4 rings (SSSR count). The molecule has 0 radical (unpaired) electrons. The van der Waals surface area contributed by atoms with Crippen molar-refractivity contribution in [1.82, 2.24) is 5.32 Å². The second-order valence-corrected chi connectivity index (χ2v) is 7.56. The zero-order valence-electron chi connectivity index (χ0n) is 14.0. The summed E-state index contributed by atoms with van der Waals surface area (Å²) in [5, 5.41) is 3.53. The maximum atomic E-state index is 13.1. The summed E-state index contributed by atoms with van der Waals surface area (Å²) in [7, 11) is 0. The van der Waals surface area contributed by atoms with Gasteiger partial charge < -0.3 is 5.32 Å². The lowest BCUT2D eigenvalue weighted by Crippen LogP contribution is -2.38. The summed E-state index contributed by atoms with van der Waals surface area (Å²) in [5.74, 6) is 0.371. The SMILES string of the molecule is CCSC(=O)[C@H]1CNC2=C(C(=O)c3ccccc32)[C@H]1c1ccccc1. The topological polar surface area (TPSA) is 46.2 Å². The molecule has 2 aromatic carbocycles. The van der Waals surface area contributed by atoms with Crippen LogP contribution in [0.5, 0.6) is 0 Å². The average Bonchev–Trinajstić information content (AvgIpc) is 2.95. The largest absolute Gasteiger partial charge is 0.383 e. The van der Waals surface area contributed by atoms with Crippen LogP contribution in [0.2, 0.25) is 0 Å². The molecule has 0 unspecified atom stereocenters. The summed E-state index contributed by atoms with van der Waals surface area (Å²) in [6.07, 6.45) is 0. The Balaban J connectivity index is 1.86. The first-order valence-electron chi connectivity index (χ1n) is 8.56. The van der Waals surface area contributed by atoms with Crippen LogP contribution in [0.15, 0.2) is 60.2 Å². The van der Waals surface area contributed by atoms with Crippen LogP contribution in [0.1, 0.15) is 34.3 Å². The summed E-state index contributed by atoms with van der Waals surface area (Å²) >= 11 is 1.34. The molecule has 0 fully saturated rings. The van der Waals surface area contributed by atoms with E-state index in [-0.39, 0.29) is 22.7 Å². The van der Waals surface area contributed by atoms with Gasteiger partial charge >= 0.3 is 0 Å². The molecular weight excluding hydrogens is 330 g/mol. The lowest BCUT2D eigenvalue weighted by molar-refractivity contribution is -0.114. The van der Waals surface area contributed by atoms with E-state index in [0.29, 0.717) is 6.54 Å². The van der Waals surface area contributed by atoms with E-state index in [1.807, 2.05) is 61.5 Å². The third-order valence-corrected chi connectivity index (χ3v) is 5.79. The number of ketones is 1. The van der Waals surface area contributed by atoms with Crippen LogP contribution in [0, 0.1) is 5.92 Å². The summed E-state index contributed by atoms with van der Waals surface area (Å²) < 4.78 is 0. The van der Waals surface area contributed by atoms with E-state index < -0.39 is 0 Å². The Morgan fingerprint density at radius 3 is 2.48 bits per heavy atom. The van der Waals surface area contributed by atoms with Gasteiger partial charge in [0.05, 0.1) is 5.92 Å². The molecule has 1 N–H and O–H groups in total. The molecule has 0 saturated carbocycles. The fraction of sp³-hybridized carbons (Fsp3) is 0.238. The molecule has 25 heavy (non-hydrogen) atoms. The van der Waals surface area contributed by atoms with Gasteiger partial charge in [-0.2, -0.15) is 0 Å². The average molecular weight is 349 g/mol. The molecular formula is C21H19NO2S. The Labute approximate surface area is 151 Å². The minimum Gasteiger partial charge on any atom is -0.383 e. The standard InChI is InChI=1S/C21H19NO2S/c1-2-25-21(24)16-12-22-19-14-10-6-7-11-15(14)20(23)18(19)17(16)13-8-4-3-5-9-13/h3-11,16-17,22H,2,12H2,1H3/t16-,17-/m0/s1. The van der Waals surface area contributed by atoms with Crippen molar-refractivity contribution in [2.24, 2.45) is 5.92 Å². The van der Waals surface area contributed by atoms with Gasteiger partial charge in [0.25, 0.3) is 0 Å². The lowest BCUT2D eigenvalue weighted by atomic mass is 9.77. The van der Waals surface area contributed by atoms with E-state index in [1.54, 1.807) is 0 Å². The van der Waals surface area contributed by atoms with Crippen molar-refractivity contribution in [3.05, 3.63) is 76.9 Å². The second kappa shape index (κ2) is 6.52. The van der Waals surface area contributed by atoms with Gasteiger partial charge in [0, 0.05) is 34.9 Å². The number of hydrogen-bond acceptors (Lipinski definition) is 4. The van der Waals surface area contributed by atoms with Gasteiger partial charge in [0.15, 0.2) is 10.9 Å². The van der Waals surface area contributed by atoms with E-state index in [1.165, 1.54) is 11.8 Å². The molecule has 1 heterocycles. The van der Waals surface area contributed by atoms with Crippen LogP contribution in [0.3, 0.4) is 0 Å². The molecule has 0 aromatic heterocycles. The highest BCUT2D eigenvalue weighted by atomic mass is 32.2. The number of carbonyl (C=O) groups is 2. The number of benzene rings is 2. The van der Waals surface area contributed by atoms with Crippen molar-refractivity contribution in [3.8, 4) is 0 Å². The molecule has 0 amide bonds. The van der Waals surface area contributed by atoms with Gasteiger partial charge in [0.2, 0.25) is 0 Å². The van der Waals surface area contributed by atoms with Crippen molar-refractivity contribution in [2.45, 2.75) is 12.8 Å². The number of allylic oxidation sites excluding steroid dienone is 1. The predicted molar refractivity (Wildman–Crippen MR) is 102 cm³/mol. The predicted octanol–water partition coefficient (Wildman–Crippen LogP) is 3.88. The molecule has 1 aliphatic heterocycles. The Morgan fingerprint density at radius 1 is 1.08 bits per heavy atom. The van der Waals surface area contributed by atoms with Crippen molar-refractivity contribution >= 4 is 28.4 Å². The number of fused-ring (bicyclic) bond motifs is 2. The number of thioether (sulfide) groups is 1. The van der Waals surface area contributed by atoms with E-state index in [0.717, 1.165) is 33.7 Å². The quantitative estimate of drug-likeness (QED) is 0.913. The highest BCUT2D eigenvalue weighted by Crippen LogP contribution is 2.46. The summed E-state index contributed by atoms with van der Waals surface area (Å²) in [4.78, 5) is 25.9. The fourth-order valence-electron chi connectivity index (χ4n) is 3.85. The summed E-state index contributed by atoms with van der Waals surface area (Å²) in [6.45, 7) is 2.55. The Hall–Kier alpha value is -2.33. The van der Waals surface area contributed by atoms with Crippen molar-refractivity contribution < 1.29 is 9.59 Å². The molecule has 1 aliphatic carbocycles. The molecule has 2 aliphatic rings. The third-order valence-electron chi connectivity index (χ3n) is 4.92. The number of Topliss-reactive ketones (excluding diaryl/α,β-unsaturated/α-hetero) is 1. The molecule has 0 saturated heterocycles. The maximum Gasteiger partial charge on any atom is 0.194 e. The second-order valence-electron chi connectivity index (χ2n) is 6.29. The van der Waals surface area contributed by atoms with Gasteiger partial charge in [-0.05, 0) is 11.3 Å². The maximum absolute atomic E-state index is 13.1. The smallest absolute Gasteiger partial charge is 0.194 e. The van der Waals surface area contributed by atoms with Gasteiger partial charge in [-0.25, -0.2) is 0 Å². The van der Waals surface area contributed by atoms with Crippen molar-refractivity contribution in [2.75, 3.05) is 12.3 Å². The molecule has 0 bridgehead atoms. The van der Waals surface area contributed by atoms with Crippen LogP contribution >= 0.6 is 11.8 Å². The highest BCUT2D eigenvalue weighted by molar-refractivity contribution is 8.13. The summed E-state index contributed by atoms with van der Waals surface area (Å²) in [5.41, 5.74) is 4.37. The molecule has 4 heteroatoms. The van der Waals surface area contributed by atoms with E-state index in [2.05, 4.69) is 5.32 Å². The molecule has 2 aromatic rings. The number of hydrogen-bond donors (Lipinski definition) is 1. The Bertz CT molecular complexity index is 872. The molecule has 3 nitrogen and oxygen atoms in total. The fourth-order valence-corrected chi connectivity index (χ4v) is 4.57. The number of carbonyl (C=O) groups excluding carboxylic acids is 2. The molecule has 0 spiro atoms. The first kappa shape index (κ1) is 16.2. The molecule has 2 atom stereocenters. The van der Waals surface area contributed by atoms with Crippen LogP contribution in [0.4, 0.5) is 0 Å². The lowest BCUT2D eigenvalue weighted by Gasteiger charge is -2.33. The minimum absolute atomic E-state index is 0.0472. The monoisotopic (exact) mass is 349 g/mol. The summed E-state index contributed by atoms with van der Waals surface area (Å²) in [6, 6.07) is 17.6. The van der Waals surface area contributed by atoms with E-state index in [9.17, 15) is 9.59 Å². The van der Waals surface area contributed by atoms with Crippen LogP contribution in [0.25, 0.3) is 5.70 Å². The number of rotatable bonds is 3. The van der Waals surface area contributed by atoms with Gasteiger partial charge in [0.1, 0.15) is 0 Å². The normalized spacial score (nSPS) is 21.6. The van der Waals surface area contributed by atoms with Gasteiger partial charge in [-0.15, -0.1) is 0 Å². The van der Waals surface area contributed by atoms with Crippen molar-refractivity contribution in [3.63, 3.8) is 0 Å². The molecule has 126 valence electrons. The first-order valence-corrected chi connectivity index (χ1v) is 9.54. The van der Waals surface area contributed by atoms with Crippen LogP contribution in [-0.4, -0.2) is 23.2 Å². The van der Waals surface area contributed by atoms with Gasteiger partial charge in [-0.3, -0.25) is 9.59 Å². The van der Waals surface area contributed by atoms with Gasteiger partial charge in [-0.1, -0.05) is 73.3 Å².